The van der Waals surface area contributed by atoms with E-state index >= 15 is 0 Å². The van der Waals surface area contributed by atoms with E-state index in [1.54, 1.807) is 6.92 Å². The monoisotopic (exact) mass is 160 g/mol. The highest BCUT2D eigenvalue weighted by molar-refractivity contribution is 7.13. The van der Waals surface area contributed by atoms with Crippen LogP contribution in [0.4, 0.5) is 0 Å². The molecule has 0 saturated carbocycles. The molecule has 2 unspecified atom stereocenters. The minimum Gasteiger partial charge on any atom is -0.314 e. The van der Waals surface area contributed by atoms with E-state index in [-0.39, 0.29) is 11.3 Å². The number of hydrogen-bond acceptors (Lipinski definition) is 3. The van der Waals surface area contributed by atoms with Gasteiger partial charge in [-0.1, -0.05) is 9.39 Å². The van der Waals surface area contributed by atoms with Gasteiger partial charge in [0.05, 0.1) is 5.54 Å². The Morgan fingerprint density at radius 3 is 2.70 bits per heavy atom. The van der Waals surface area contributed by atoms with Gasteiger partial charge in [0.25, 0.3) is 0 Å². The number of Topliss-reactive ketones (excluding diaryl/α,β-unsaturated/α-hetero) is 1. The van der Waals surface area contributed by atoms with Gasteiger partial charge in [0.1, 0.15) is 0 Å². The standard InChI is InChI=1S/C6H13N2OP/c1-5(9)6(8-10)2-3-7-4-6/h7-8H,2-4,10H2,1H3. The molecule has 4 heteroatoms. The zero-order valence-electron chi connectivity index (χ0n) is 6.11. The summed E-state index contributed by atoms with van der Waals surface area (Å²) < 4.78 is 0. The Kier molecular flexibility index (Phi) is 2.40. The van der Waals surface area contributed by atoms with E-state index in [9.17, 15) is 4.79 Å². The number of carbonyl (C=O) groups is 1. The van der Waals surface area contributed by atoms with Gasteiger partial charge in [-0.25, -0.2) is 0 Å². The van der Waals surface area contributed by atoms with Crippen molar-refractivity contribution in [1.29, 1.82) is 0 Å². The lowest BCUT2D eigenvalue weighted by molar-refractivity contribution is -0.121. The van der Waals surface area contributed by atoms with Crippen molar-refractivity contribution >= 4 is 15.2 Å². The Morgan fingerprint density at radius 2 is 2.50 bits per heavy atom. The summed E-state index contributed by atoms with van der Waals surface area (Å²) >= 11 is 0. The lowest BCUT2D eigenvalue weighted by Crippen LogP contribution is -2.48. The molecule has 2 atom stereocenters. The van der Waals surface area contributed by atoms with Gasteiger partial charge in [-0.2, -0.15) is 0 Å². The Labute approximate surface area is 63.2 Å². The maximum atomic E-state index is 11.1. The van der Waals surface area contributed by atoms with Crippen LogP contribution >= 0.6 is 9.39 Å². The van der Waals surface area contributed by atoms with Crippen molar-refractivity contribution < 1.29 is 4.79 Å². The molecule has 58 valence electrons. The van der Waals surface area contributed by atoms with E-state index in [1.807, 2.05) is 0 Å². The third kappa shape index (κ3) is 1.22. The molecule has 0 aliphatic carbocycles. The Balaban J connectivity index is 2.67. The molecule has 1 heterocycles. The highest BCUT2D eigenvalue weighted by Gasteiger charge is 2.36. The number of hydrogen-bond donors (Lipinski definition) is 2. The Morgan fingerprint density at radius 1 is 1.80 bits per heavy atom. The summed E-state index contributed by atoms with van der Waals surface area (Å²) in [7, 11) is 2.41. The van der Waals surface area contributed by atoms with Crippen LogP contribution in [0.1, 0.15) is 13.3 Å². The number of ketones is 1. The first-order valence-corrected chi connectivity index (χ1v) is 3.98. The second-order valence-corrected chi connectivity index (χ2v) is 3.00. The van der Waals surface area contributed by atoms with E-state index in [0.29, 0.717) is 0 Å². The van der Waals surface area contributed by atoms with Gasteiger partial charge in [-0.3, -0.25) is 9.88 Å². The first-order chi connectivity index (χ1) is 4.71. The Bertz CT molecular complexity index is 143. The van der Waals surface area contributed by atoms with E-state index in [2.05, 4.69) is 19.8 Å². The van der Waals surface area contributed by atoms with Crippen molar-refractivity contribution in [2.45, 2.75) is 18.9 Å². The molecule has 1 rings (SSSR count). The lowest BCUT2D eigenvalue weighted by atomic mass is 9.96. The Hall–Kier alpha value is 0.0200. The molecule has 0 radical (unpaired) electrons. The van der Waals surface area contributed by atoms with Crippen LogP contribution in [-0.2, 0) is 4.79 Å². The average Bonchev–Trinajstić information content (AvgIpc) is 2.35. The van der Waals surface area contributed by atoms with Crippen LogP contribution in [0, 0.1) is 0 Å². The summed E-state index contributed by atoms with van der Waals surface area (Å²) in [5.74, 6) is 0.215. The van der Waals surface area contributed by atoms with Crippen LogP contribution in [0.3, 0.4) is 0 Å². The molecule has 10 heavy (non-hydrogen) atoms. The summed E-state index contributed by atoms with van der Waals surface area (Å²) in [5.41, 5.74) is -0.301. The first kappa shape index (κ1) is 8.12. The molecule has 0 spiro atoms. The van der Waals surface area contributed by atoms with Crippen molar-refractivity contribution in [2.75, 3.05) is 13.1 Å². The zero-order chi connectivity index (χ0) is 7.61. The third-order valence-corrected chi connectivity index (χ3v) is 2.66. The van der Waals surface area contributed by atoms with Crippen molar-refractivity contribution in [3.05, 3.63) is 0 Å². The molecule has 1 fully saturated rings. The smallest absolute Gasteiger partial charge is 0.151 e. The maximum absolute atomic E-state index is 11.1. The molecule has 1 aliphatic rings. The van der Waals surface area contributed by atoms with Gasteiger partial charge >= 0.3 is 0 Å². The molecule has 1 aliphatic heterocycles. The lowest BCUT2D eigenvalue weighted by Gasteiger charge is -2.23. The summed E-state index contributed by atoms with van der Waals surface area (Å²) in [4.78, 5) is 11.1. The normalized spacial score (nSPS) is 32.6. The first-order valence-electron chi connectivity index (χ1n) is 3.41. The van der Waals surface area contributed by atoms with Crippen LogP contribution in [0.5, 0.6) is 0 Å². The highest BCUT2D eigenvalue weighted by atomic mass is 31.0. The fourth-order valence-corrected chi connectivity index (χ4v) is 1.67. The highest BCUT2D eigenvalue weighted by Crippen LogP contribution is 2.16. The largest absolute Gasteiger partial charge is 0.314 e. The van der Waals surface area contributed by atoms with Crippen LogP contribution < -0.4 is 10.4 Å². The van der Waals surface area contributed by atoms with Crippen molar-refractivity contribution in [3.8, 4) is 0 Å². The molecule has 0 aromatic rings. The van der Waals surface area contributed by atoms with Crippen molar-refractivity contribution in [3.63, 3.8) is 0 Å². The average molecular weight is 160 g/mol. The molecule has 1 saturated heterocycles. The predicted molar refractivity (Wildman–Crippen MR) is 43.7 cm³/mol. The van der Waals surface area contributed by atoms with Gasteiger partial charge < -0.3 is 5.32 Å². The van der Waals surface area contributed by atoms with Crippen molar-refractivity contribution in [1.82, 2.24) is 10.4 Å². The van der Waals surface area contributed by atoms with Crippen molar-refractivity contribution in [2.24, 2.45) is 0 Å². The summed E-state index contributed by atoms with van der Waals surface area (Å²) in [6.45, 7) is 3.32. The fourth-order valence-electron chi connectivity index (χ4n) is 1.22. The molecular weight excluding hydrogens is 147 g/mol. The topological polar surface area (TPSA) is 41.1 Å². The molecule has 0 amide bonds. The SMILES string of the molecule is CC(=O)C1(NP)CCNC1. The summed E-state index contributed by atoms with van der Waals surface area (Å²) in [6.07, 6.45) is 0.895. The van der Waals surface area contributed by atoms with E-state index in [4.69, 9.17) is 0 Å². The van der Waals surface area contributed by atoms with E-state index < -0.39 is 0 Å². The second kappa shape index (κ2) is 2.95. The van der Waals surface area contributed by atoms with Gasteiger partial charge in [-0.05, 0) is 19.9 Å². The van der Waals surface area contributed by atoms with Crippen LogP contribution in [0.15, 0.2) is 0 Å². The van der Waals surface area contributed by atoms with E-state index in [1.165, 1.54) is 0 Å². The number of rotatable bonds is 2. The van der Waals surface area contributed by atoms with Crippen LogP contribution in [0.2, 0.25) is 0 Å². The molecule has 2 N–H and O–H groups in total. The van der Waals surface area contributed by atoms with Gasteiger partial charge in [0.2, 0.25) is 0 Å². The second-order valence-electron chi connectivity index (χ2n) is 2.71. The van der Waals surface area contributed by atoms with Crippen LogP contribution in [-0.4, -0.2) is 24.4 Å². The summed E-state index contributed by atoms with van der Waals surface area (Å²) in [6, 6.07) is 0. The predicted octanol–water partition coefficient (Wildman–Crippen LogP) is -0.313. The van der Waals surface area contributed by atoms with Gasteiger partial charge in [0, 0.05) is 6.54 Å². The fraction of sp³-hybridized carbons (Fsp3) is 0.833. The molecular formula is C6H13N2OP. The third-order valence-electron chi connectivity index (χ3n) is 2.11. The number of nitrogens with one attached hydrogen (secondary N) is 2. The number of carbonyl (C=O) groups excluding carboxylic acids is 1. The van der Waals surface area contributed by atoms with Gasteiger partial charge in [0.15, 0.2) is 5.78 Å². The zero-order valence-corrected chi connectivity index (χ0v) is 7.26. The quantitative estimate of drug-likeness (QED) is 0.544. The molecule has 0 aromatic heterocycles. The maximum Gasteiger partial charge on any atom is 0.151 e. The molecule has 3 nitrogen and oxygen atoms in total. The molecule has 0 aromatic carbocycles. The van der Waals surface area contributed by atoms with Gasteiger partial charge in [-0.15, -0.1) is 0 Å². The molecule has 0 bridgehead atoms. The minimum atomic E-state index is -0.301. The van der Waals surface area contributed by atoms with Crippen LogP contribution in [0.25, 0.3) is 0 Å². The van der Waals surface area contributed by atoms with E-state index in [0.717, 1.165) is 19.5 Å². The minimum absolute atomic E-state index is 0.215. The summed E-state index contributed by atoms with van der Waals surface area (Å²) in [5, 5.41) is 6.13.